The van der Waals surface area contributed by atoms with E-state index < -0.39 is 0 Å². The second-order valence-corrected chi connectivity index (χ2v) is 5.07. The Bertz CT molecular complexity index is 545. The number of aromatic amines is 1. The quantitative estimate of drug-likeness (QED) is 0.860. The molecule has 3 rings (SSSR count). The molecule has 1 aliphatic rings. The molecule has 1 aliphatic carbocycles. The monoisotopic (exact) mass is 246 g/mol. The van der Waals surface area contributed by atoms with Gasteiger partial charge in [-0.3, -0.25) is 5.10 Å². The molecule has 1 aromatic carbocycles. The van der Waals surface area contributed by atoms with Crippen LogP contribution in [-0.4, -0.2) is 10.2 Å². The number of hydrogen-bond acceptors (Lipinski definition) is 1. The number of rotatable bonds is 2. The maximum Gasteiger partial charge on any atom is 0.0729 e. The average molecular weight is 247 g/mol. The van der Waals surface area contributed by atoms with Gasteiger partial charge in [-0.1, -0.05) is 36.7 Å². The number of H-pyrrole nitrogens is 1. The number of aryl methyl sites for hydroxylation is 1. The molecule has 1 atom stereocenters. The van der Waals surface area contributed by atoms with E-state index in [2.05, 4.69) is 23.2 Å². The predicted octanol–water partition coefficient (Wildman–Crippen LogP) is 3.70. The van der Waals surface area contributed by atoms with Gasteiger partial charge in [0, 0.05) is 16.6 Å². The lowest BCUT2D eigenvalue weighted by Crippen LogP contribution is -2.00. The molecule has 1 unspecified atom stereocenters. The van der Waals surface area contributed by atoms with Crippen LogP contribution < -0.4 is 0 Å². The van der Waals surface area contributed by atoms with E-state index in [1.54, 1.807) is 0 Å². The van der Waals surface area contributed by atoms with Crippen LogP contribution in [0, 0.1) is 0 Å². The Labute approximate surface area is 106 Å². The summed E-state index contributed by atoms with van der Waals surface area (Å²) in [6.45, 7) is 2.18. The third kappa shape index (κ3) is 1.77. The molecule has 2 aromatic rings. The Morgan fingerprint density at radius 3 is 2.94 bits per heavy atom. The summed E-state index contributed by atoms with van der Waals surface area (Å²) in [6.07, 6.45) is 3.53. The molecule has 2 nitrogen and oxygen atoms in total. The normalized spacial score (nSPS) is 15.9. The van der Waals surface area contributed by atoms with Gasteiger partial charge in [-0.2, -0.15) is 5.10 Å². The van der Waals surface area contributed by atoms with E-state index in [1.165, 1.54) is 23.4 Å². The van der Waals surface area contributed by atoms with Crippen molar-refractivity contribution in [2.75, 3.05) is 0 Å². The molecule has 0 bridgehead atoms. The SMILES string of the molecule is CC(c1ccccc1Cl)c1n[nH]c2c1CCC2. The van der Waals surface area contributed by atoms with Crippen molar-refractivity contribution in [3.05, 3.63) is 51.8 Å². The van der Waals surface area contributed by atoms with Gasteiger partial charge in [0.05, 0.1) is 5.69 Å². The van der Waals surface area contributed by atoms with Gasteiger partial charge in [0.15, 0.2) is 0 Å². The van der Waals surface area contributed by atoms with Gasteiger partial charge in [0.1, 0.15) is 0 Å². The minimum absolute atomic E-state index is 0.266. The molecule has 0 saturated heterocycles. The maximum absolute atomic E-state index is 6.25. The van der Waals surface area contributed by atoms with Crippen molar-refractivity contribution in [2.45, 2.75) is 32.1 Å². The Kier molecular flexibility index (Phi) is 2.67. The molecule has 0 spiro atoms. The lowest BCUT2D eigenvalue weighted by atomic mass is 9.94. The third-order valence-corrected chi connectivity index (χ3v) is 3.96. The molecule has 1 heterocycles. The van der Waals surface area contributed by atoms with Crippen LogP contribution in [0.5, 0.6) is 0 Å². The van der Waals surface area contributed by atoms with Crippen molar-refractivity contribution in [2.24, 2.45) is 0 Å². The molecule has 0 saturated carbocycles. The number of halogens is 1. The van der Waals surface area contributed by atoms with E-state index in [4.69, 9.17) is 11.6 Å². The molecule has 3 heteroatoms. The van der Waals surface area contributed by atoms with Gasteiger partial charge < -0.3 is 0 Å². The largest absolute Gasteiger partial charge is 0.282 e. The van der Waals surface area contributed by atoms with Gasteiger partial charge in [-0.15, -0.1) is 0 Å². The molecule has 88 valence electrons. The van der Waals surface area contributed by atoms with Crippen molar-refractivity contribution >= 4 is 11.6 Å². The number of nitrogens with zero attached hydrogens (tertiary/aromatic N) is 1. The van der Waals surface area contributed by atoms with E-state index in [0.717, 1.165) is 23.4 Å². The summed E-state index contributed by atoms with van der Waals surface area (Å²) in [5.74, 6) is 0.266. The van der Waals surface area contributed by atoms with Crippen molar-refractivity contribution in [3.8, 4) is 0 Å². The Hall–Kier alpha value is -1.28. The Morgan fingerprint density at radius 1 is 1.29 bits per heavy atom. The summed E-state index contributed by atoms with van der Waals surface area (Å²) in [6, 6.07) is 8.03. The lowest BCUT2D eigenvalue weighted by Gasteiger charge is -2.12. The van der Waals surface area contributed by atoms with Gasteiger partial charge in [0.2, 0.25) is 0 Å². The minimum atomic E-state index is 0.266. The van der Waals surface area contributed by atoms with Crippen molar-refractivity contribution < 1.29 is 0 Å². The van der Waals surface area contributed by atoms with Gasteiger partial charge in [0.25, 0.3) is 0 Å². The fourth-order valence-corrected chi connectivity index (χ4v) is 2.98. The summed E-state index contributed by atoms with van der Waals surface area (Å²) in [5, 5.41) is 8.46. The highest BCUT2D eigenvalue weighted by molar-refractivity contribution is 6.31. The molecule has 1 N–H and O–H groups in total. The fraction of sp³-hybridized carbons (Fsp3) is 0.357. The summed E-state index contributed by atoms with van der Waals surface area (Å²) in [4.78, 5) is 0. The molecular formula is C14H15ClN2. The van der Waals surface area contributed by atoms with Crippen LogP contribution in [-0.2, 0) is 12.8 Å². The van der Waals surface area contributed by atoms with Crippen LogP contribution in [0.15, 0.2) is 24.3 Å². The maximum atomic E-state index is 6.25. The van der Waals surface area contributed by atoms with Crippen molar-refractivity contribution in [1.82, 2.24) is 10.2 Å². The van der Waals surface area contributed by atoms with Crippen LogP contribution in [0.1, 0.15) is 41.8 Å². The summed E-state index contributed by atoms with van der Waals surface area (Å²) >= 11 is 6.25. The first kappa shape index (κ1) is 10.8. The minimum Gasteiger partial charge on any atom is -0.282 e. The first-order valence-electron chi connectivity index (χ1n) is 6.08. The molecule has 0 amide bonds. The topological polar surface area (TPSA) is 28.7 Å². The smallest absolute Gasteiger partial charge is 0.0729 e. The standard InChI is InChI=1S/C14H15ClN2/c1-9(10-5-2-3-7-12(10)15)14-11-6-4-8-13(11)16-17-14/h2-3,5,7,9H,4,6,8H2,1H3,(H,16,17). The number of benzene rings is 1. The molecule has 17 heavy (non-hydrogen) atoms. The first-order chi connectivity index (χ1) is 8.27. The zero-order chi connectivity index (χ0) is 11.8. The molecule has 0 aliphatic heterocycles. The number of hydrogen-bond donors (Lipinski definition) is 1. The molecule has 1 aromatic heterocycles. The molecule has 0 fully saturated rings. The zero-order valence-electron chi connectivity index (χ0n) is 9.83. The predicted molar refractivity (Wildman–Crippen MR) is 69.6 cm³/mol. The van der Waals surface area contributed by atoms with Crippen LogP contribution in [0.4, 0.5) is 0 Å². The number of aromatic nitrogens is 2. The highest BCUT2D eigenvalue weighted by Gasteiger charge is 2.23. The lowest BCUT2D eigenvalue weighted by molar-refractivity contribution is 0.799. The number of fused-ring (bicyclic) bond motifs is 1. The summed E-state index contributed by atoms with van der Waals surface area (Å²) in [5.41, 5.74) is 5.07. The van der Waals surface area contributed by atoms with Gasteiger partial charge in [-0.05, 0) is 36.5 Å². The highest BCUT2D eigenvalue weighted by atomic mass is 35.5. The van der Waals surface area contributed by atoms with Gasteiger partial charge >= 0.3 is 0 Å². The Morgan fingerprint density at radius 2 is 2.12 bits per heavy atom. The first-order valence-corrected chi connectivity index (χ1v) is 6.45. The van der Waals surface area contributed by atoms with E-state index in [-0.39, 0.29) is 5.92 Å². The Balaban J connectivity index is 2.02. The zero-order valence-corrected chi connectivity index (χ0v) is 10.6. The average Bonchev–Trinajstić information content (AvgIpc) is 2.90. The highest BCUT2D eigenvalue weighted by Crippen LogP contribution is 2.34. The number of nitrogens with one attached hydrogen (secondary N) is 1. The molecule has 0 radical (unpaired) electrons. The van der Waals surface area contributed by atoms with Crippen LogP contribution >= 0.6 is 11.6 Å². The van der Waals surface area contributed by atoms with Crippen molar-refractivity contribution in [3.63, 3.8) is 0 Å². The van der Waals surface area contributed by atoms with Crippen LogP contribution in [0.3, 0.4) is 0 Å². The second-order valence-electron chi connectivity index (χ2n) is 4.66. The van der Waals surface area contributed by atoms with E-state index in [0.29, 0.717) is 0 Å². The fourth-order valence-electron chi connectivity index (χ4n) is 2.68. The second kappa shape index (κ2) is 4.19. The summed E-state index contributed by atoms with van der Waals surface area (Å²) < 4.78 is 0. The molecular weight excluding hydrogens is 232 g/mol. The van der Waals surface area contributed by atoms with E-state index in [1.807, 2.05) is 18.2 Å². The van der Waals surface area contributed by atoms with Gasteiger partial charge in [-0.25, -0.2) is 0 Å². The van der Waals surface area contributed by atoms with Crippen molar-refractivity contribution in [1.29, 1.82) is 0 Å². The third-order valence-electron chi connectivity index (χ3n) is 3.62. The van der Waals surface area contributed by atoms with Crippen LogP contribution in [0.2, 0.25) is 5.02 Å². The van der Waals surface area contributed by atoms with Crippen LogP contribution in [0.25, 0.3) is 0 Å². The summed E-state index contributed by atoms with van der Waals surface area (Å²) in [7, 11) is 0. The van der Waals surface area contributed by atoms with E-state index >= 15 is 0 Å². The van der Waals surface area contributed by atoms with E-state index in [9.17, 15) is 0 Å².